The minimum Gasteiger partial charge on any atom is -0.509 e. The summed E-state index contributed by atoms with van der Waals surface area (Å²) in [5.41, 5.74) is 22.7. The van der Waals surface area contributed by atoms with Crippen LogP contribution in [0.3, 0.4) is 0 Å². The first-order valence-corrected chi connectivity index (χ1v) is 25.9. The molecule has 0 spiro atoms. The molecule has 0 radical (unpaired) electrons. The number of aryl methyl sites for hydroxylation is 1. The maximum Gasteiger partial charge on any atom is 0.135 e. The molecular weight excluding hydrogens is 1100 g/mol. The van der Waals surface area contributed by atoms with Crippen LogP contribution in [-0.4, -0.2) is 9.55 Å². The van der Waals surface area contributed by atoms with Crippen molar-refractivity contribution in [2.75, 3.05) is 9.80 Å². The van der Waals surface area contributed by atoms with Gasteiger partial charge in [0.1, 0.15) is 5.82 Å². The second kappa shape index (κ2) is 17.3. The van der Waals surface area contributed by atoms with Crippen molar-refractivity contribution in [3.8, 4) is 28.4 Å². The summed E-state index contributed by atoms with van der Waals surface area (Å²) in [6.07, 6.45) is 2.01. The molecule has 75 heavy (non-hydrogen) atoms. The maximum atomic E-state index is 6.72. The molecule has 0 fully saturated rings. The van der Waals surface area contributed by atoms with E-state index >= 15 is 0 Å². The van der Waals surface area contributed by atoms with Crippen LogP contribution in [0.25, 0.3) is 38.8 Å². The van der Waals surface area contributed by atoms with Crippen molar-refractivity contribution in [1.29, 1.82) is 0 Å². The Morgan fingerprint density at radius 3 is 1.69 bits per heavy atom. The summed E-state index contributed by atoms with van der Waals surface area (Å²) in [6.45, 7) is 11.1. The predicted octanol–water partition coefficient (Wildman–Crippen LogP) is 17.1. The zero-order valence-electron chi connectivity index (χ0n) is 42.0. The van der Waals surface area contributed by atoms with Crippen LogP contribution in [-0.2, 0) is 26.5 Å². The van der Waals surface area contributed by atoms with E-state index in [9.17, 15) is 0 Å². The molecule has 2 aromatic heterocycles. The quantitative estimate of drug-likeness (QED) is 0.155. The number of para-hydroxylation sites is 3. The molecule has 7 aliphatic rings. The number of benzene rings is 9. The van der Waals surface area contributed by atoms with E-state index in [0.29, 0.717) is 11.5 Å². The zero-order valence-corrected chi connectivity index (χ0v) is 44.3. The molecule has 9 aromatic carbocycles. The molecule has 18 rings (SSSR count). The summed E-state index contributed by atoms with van der Waals surface area (Å²) >= 11 is 0. The summed E-state index contributed by atoms with van der Waals surface area (Å²) in [4.78, 5) is 9.68. The van der Waals surface area contributed by atoms with Crippen LogP contribution >= 0.6 is 0 Å². The molecule has 0 saturated heterocycles. The van der Waals surface area contributed by atoms with E-state index < -0.39 is 0 Å². The number of rotatable bonds is 6. The van der Waals surface area contributed by atoms with Crippen LogP contribution in [0.15, 0.2) is 206 Å². The summed E-state index contributed by atoms with van der Waals surface area (Å²) in [5, 5.41) is 2.22. The number of aromatic nitrogens is 2. The average Bonchev–Trinajstić information content (AvgIpc) is 3.98. The van der Waals surface area contributed by atoms with Crippen molar-refractivity contribution in [3.63, 3.8) is 0 Å². The molecule has 11 aromatic rings. The van der Waals surface area contributed by atoms with Gasteiger partial charge in [-0.25, -0.2) is 4.98 Å². The third-order valence-electron chi connectivity index (χ3n) is 16.5. The molecule has 4 bridgehead atoms. The van der Waals surface area contributed by atoms with E-state index in [2.05, 4.69) is 243 Å². The third kappa shape index (κ3) is 7.04. The molecule has 3 heterocycles. The number of pyridine rings is 1. The molecule has 0 saturated carbocycles. The minimum atomic E-state index is 0. The van der Waals surface area contributed by atoms with Crippen LogP contribution in [0, 0.1) is 25.7 Å². The maximum absolute atomic E-state index is 6.72. The Bertz CT molecular complexity index is 4040. The Hall–Kier alpha value is -7.98. The SMILES string of the molecule is Cc1cc(-n2c3[c-]c(Oc4[c-]c(N5[CH-]N(c6ccc7c(c6)C6c8ccccc8C7C7c8ccccc8C6c6ccccc67)c6ccccc65)ccc4)ccc3c3ccccc32)ncc1-c1ccc(C(C)(C)C)cc1.[Pt]. The minimum absolute atomic E-state index is 0. The number of fused-ring (bicyclic) bond motifs is 4. The van der Waals surface area contributed by atoms with Gasteiger partial charge in [-0.3, -0.25) is 0 Å². The van der Waals surface area contributed by atoms with E-state index in [-0.39, 0.29) is 50.2 Å². The van der Waals surface area contributed by atoms with E-state index in [0.717, 1.165) is 67.1 Å². The predicted molar refractivity (Wildman–Crippen MR) is 300 cm³/mol. The Kier molecular flexibility index (Phi) is 10.5. The molecule has 1 aliphatic heterocycles. The Morgan fingerprint density at radius 2 is 1.07 bits per heavy atom. The normalized spacial score (nSPS) is 17.7. The van der Waals surface area contributed by atoms with Gasteiger partial charge in [0.05, 0.1) is 0 Å². The van der Waals surface area contributed by atoms with Gasteiger partial charge >= 0.3 is 0 Å². The molecule has 2 atom stereocenters. The zero-order chi connectivity index (χ0) is 49.4. The Morgan fingerprint density at radius 1 is 0.507 bits per heavy atom. The van der Waals surface area contributed by atoms with Gasteiger partial charge < -0.3 is 19.1 Å². The van der Waals surface area contributed by atoms with Crippen molar-refractivity contribution in [3.05, 3.63) is 281 Å². The van der Waals surface area contributed by atoms with E-state index in [1.165, 1.54) is 50.1 Å². The summed E-state index contributed by atoms with van der Waals surface area (Å²) < 4.78 is 8.93. The number of nitrogens with zero attached hydrogens (tertiary/aromatic N) is 4. The van der Waals surface area contributed by atoms with E-state index in [1.807, 2.05) is 24.4 Å². The second-order valence-corrected chi connectivity index (χ2v) is 21.6. The van der Waals surface area contributed by atoms with Gasteiger partial charge in [0.2, 0.25) is 0 Å². The molecule has 366 valence electrons. The van der Waals surface area contributed by atoms with Crippen molar-refractivity contribution >= 4 is 44.6 Å². The molecule has 2 unspecified atom stereocenters. The monoisotopic (exact) mass is 1150 g/mol. The molecule has 6 heteroatoms. The Labute approximate surface area is 453 Å². The topological polar surface area (TPSA) is 33.5 Å². The smallest absolute Gasteiger partial charge is 0.135 e. The van der Waals surface area contributed by atoms with Gasteiger partial charge in [-0.1, -0.05) is 160 Å². The van der Waals surface area contributed by atoms with Gasteiger partial charge in [-0.2, -0.15) is 12.1 Å². The van der Waals surface area contributed by atoms with Crippen molar-refractivity contribution < 1.29 is 25.8 Å². The molecule has 0 amide bonds. The molecule has 6 aliphatic carbocycles. The Balaban J connectivity index is 0.00000516. The van der Waals surface area contributed by atoms with Crippen LogP contribution in [0.4, 0.5) is 22.7 Å². The fourth-order valence-corrected chi connectivity index (χ4v) is 13.2. The van der Waals surface area contributed by atoms with Crippen molar-refractivity contribution in [1.82, 2.24) is 9.55 Å². The van der Waals surface area contributed by atoms with Crippen molar-refractivity contribution in [2.24, 2.45) is 0 Å². The molecular formula is C69H51N4OPt-3. The fraction of sp³-hybridized carbons (Fsp3) is 0.130. The van der Waals surface area contributed by atoms with Gasteiger partial charge in [0, 0.05) is 90.6 Å². The number of hydrogen-bond donors (Lipinski definition) is 0. The van der Waals surface area contributed by atoms with Crippen LogP contribution in [0.2, 0.25) is 0 Å². The first-order valence-electron chi connectivity index (χ1n) is 25.9. The molecule has 0 N–H and O–H groups in total. The first-order chi connectivity index (χ1) is 36.2. The van der Waals surface area contributed by atoms with Crippen LogP contribution in [0.1, 0.15) is 100 Å². The summed E-state index contributed by atoms with van der Waals surface area (Å²) in [7, 11) is 0. The van der Waals surface area contributed by atoms with Gasteiger partial charge in [0.15, 0.2) is 0 Å². The van der Waals surface area contributed by atoms with Gasteiger partial charge in [-0.15, -0.1) is 48.1 Å². The number of anilines is 4. The third-order valence-corrected chi connectivity index (χ3v) is 16.5. The van der Waals surface area contributed by atoms with Gasteiger partial charge in [0.25, 0.3) is 0 Å². The van der Waals surface area contributed by atoms with Crippen LogP contribution < -0.4 is 14.5 Å². The number of ether oxygens (including phenoxy) is 1. The summed E-state index contributed by atoms with van der Waals surface area (Å²) in [6, 6.07) is 80.9. The van der Waals surface area contributed by atoms with E-state index in [4.69, 9.17) is 9.72 Å². The van der Waals surface area contributed by atoms with E-state index in [1.54, 1.807) is 0 Å². The number of hydrogen-bond acceptors (Lipinski definition) is 4. The van der Waals surface area contributed by atoms with Crippen molar-refractivity contribution in [2.45, 2.75) is 56.8 Å². The largest absolute Gasteiger partial charge is 0.509 e. The molecule has 5 nitrogen and oxygen atoms in total. The standard InChI is InChI=1S/C69H51N4O.Pt/c1-42-36-64(70-40-59(42)43-28-30-44(31-29-43)69(2,3)4)73-60-25-12-11-18-49(60)50-35-33-48(39-63(50)73)74-47-17-15-16-45(37-47)71-41-72(62-27-14-13-26-61(62)71)46-32-34-57-58(38-46)68-56-24-10-9-23-55(56)67(57)65-51-19-5-7-21-53(51)66(68)54-22-8-6-20-52(54)65;/h5-36,38,40-41,65-68H,1-4H3;/q-3;. The fourth-order valence-electron chi connectivity index (χ4n) is 13.2. The summed E-state index contributed by atoms with van der Waals surface area (Å²) in [5.74, 6) is 2.85. The second-order valence-electron chi connectivity index (χ2n) is 21.6. The van der Waals surface area contributed by atoms with Gasteiger partial charge in [-0.05, 0) is 115 Å². The first kappa shape index (κ1) is 45.6. The van der Waals surface area contributed by atoms with Crippen LogP contribution in [0.5, 0.6) is 11.5 Å². The average molecular weight is 1150 g/mol.